The Bertz CT molecular complexity index is 346. The molecule has 0 amide bonds. The maximum absolute atomic E-state index is 11.9. The molecule has 1 fully saturated rings. The highest BCUT2D eigenvalue weighted by Crippen LogP contribution is 2.30. The predicted molar refractivity (Wildman–Crippen MR) is 75.7 cm³/mol. The summed E-state index contributed by atoms with van der Waals surface area (Å²) in [6.07, 6.45) is 4.11. The van der Waals surface area contributed by atoms with Crippen LogP contribution in [0.15, 0.2) is 0 Å². The van der Waals surface area contributed by atoms with E-state index >= 15 is 0 Å². The minimum atomic E-state index is -3.12. The van der Waals surface area contributed by atoms with Crippen LogP contribution in [0.25, 0.3) is 0 Å². The molecule has 1 rings (SSSR count). The molecule has 18 heavy (non-hydrogen) atoms. The molecular weight excluding hydrogens is 248 g/mol. The van der Waals surface area contributed by atoms with Crippen LogP contribution in [-0.4, -0.2) is 27.3 Å². The van der Waals surface area contributed by atoms with Gasteiger partial charge in [0.1, 0.15) is 0 Å². The summed E-state index contributed by atoms with van der Waals surface area (Å²) in [5, 5.41) is 0. The van der Waals surface area contributed by atoms with Gasteiger partial charge in [0.15, 0.2) is 0 Å². The van der Waals surface area contributed by atoms with Crippen LogP contribution in [0.5, 0.6) is 0 Å². The predicted octanol–water partition coefficient (Wildman–Crippen LogP) is 1.72. The molecule has 0 aromatic heterocycles. The lowest BCUT2D eigenvalue weighted by atomic mass is 9.94. The van der Waals surface area contributed by atoms with Crippen molar-refractivity contribution in [1.29, 1.82) is 0 Å². The van der Waals surface area contributed by atoms with Gasteiger partial charge in [0.05, 0.1) is 5.75 Å². The lowest BCUT2D eigenvalue weighted by Gasteiger charge is -2.20. The Kier molecular flexibility index (Phi) is 5.62. The number of rotatable bonds is 6. The van der Waals surface area contributed by atoms with Crippen LogP contribution in [0.3, 0.4) is 0 Å². The van der Waals surface area contributed by atoms with Gasteiger partial charge in [-0.1, -0.05) is 27.2 Å². The van der Waals surface area contributed by atoms with Crippen LogP contribution in [0.1, 0.15) is 46.5 Å². The van der Waals surface area contributed by atoms with Crippen LogP contribution in [0.2, 0.25) is 0 Å². The fraction of sp³-hybridized carbons (Fsp3) is 1.00. The van der Waals surface area contributed by atoms with E-state index in [-0.39, 0.29) is 11.2 Å². The summed E-state index contributed by atoms with van der Waals surface area (Å²) in [7, 11) is -3.12. The monoisotopic (exact) mass is 276 g/mol. The van der Waals surface area contributed by atoms with Crippen molar-refractivity contribution < 1.29 is 8.42 Å². The van der Waals surface area contributed by atoms with Gasteiger partial charge in [-0.05, 0) is 43.1 Å². The number of nitrogens with one attached hydrogen (secondary N) is 1. The average Bonchev–Trinajstić information content (AvgIpc) is 2.70. The van der Waals surface area contributed by atoms with Gasteiger partial charge in [-0.25, -0.2) is 13.1 Å². The largest absolute Gasteiger partial charge is 0.330 e. The van der Waals surface area contributed by atoms with Crippen molar-refractivity contribution in [2.24, 2.45) is 23.0 Å². The van der Waals surface area contributed by atoms with Gasteiger partial charge in [-0.3, -0.25) is 0 Å². The Hall–Kier alpha value is -0.130. The van der Waals surface area contributed by atoms with E-state index in [9.17, 15) is 8.42 Å². The van der Waals surface area contributed by atoms with Crippen LogP contribution in [0, 0.1) is 17.3 Å². The van der Waals surface area contributed by atoms with E-state index in [0.29, 0.717) is 31.3 Å². The van der Waals surface area contributed by atoms with E-state index in [1.54, 1.807) is 0 Å². The Morgan fingerprint density at radius 1 is 1.22 bits per heavy atom. The highest BCUT2D eigenvalue weighted by Gasteiger charge is 2.27. The highest BCUT2D eigenvalue weighted by molar-refractivity contribution is 7.89. The maximum Gasteiger partial charge on any atom is 0.211 e. The van der Waals surface area contributed by atoms with Gasteiger partial charge >= 0.3 is 0 Å². The summed E-state index contributed by atoms with van der Waals surface area (Å²) in [6.45, 7) is 7.42. The van der Waals surface area contributed by atoms with Gasteiger partial charge < -0.3 is 5.73 Å². The Labute approximate surface area is 112 Å². The first-order valence-electron chi connectivity index (χ1n) is 6.91. The topological polar surface area (TPSA) is 72.2 Å². The summed E-state index contributed by atoms with van der Waals surface area (Å²) in [5.41, 5.74) is 5.76. The molecule has 0 aromatic carbocycles. The van der Waals surface area contributed by atoms with Gasteiger partial charge in [0, 0.05) is 6.54 Å². The lowest BCUT2D eigenvalue weighted by molar-refractivity contribution is 0.385. The van der Waals surface area contributed by atoms with Crippen molar-refractivity contribution in [2.75, 3.05) is 18.8 Å². The second-order valence-corrected chi connectivity index (χ2v) is 8.59. The second kappa shape index (κ2) is 6.35. The molecular formula is C13H28N2O2S. The Morgan fingerprint density at radius 3 is 2.39 bits per heavy atom. The van der Waals surface area contributed by atoms with Crippen molar-refractivity contribution in [1.82, 2.24) is 4.72 Å². The molecule has 0 radical (unpaired) electrons. The quantitative estimate of drug-likeness (QED) is 0.776. The molecule has 1 saturated carbocycles. The summed E-state index contributed by atoms with van der Waals surface area (Å²) in [4.78, 5) is 0. The highest BCUT2D eigenvalue weighted by atomic mass is 32.2. The van der Waals surface area contributed by atoms with Gasteiger partial charge in [0.2, 0.25) is 10.0 Å². The normalized spacial score (nSPS) is 25.6. The summed E-state index contributed by atoms with van der Waals surface area (Å²) in [6, 6.07) is 0. The molecule has 0 aromatic rings. The van der Waals surface area contributed by atoms with E-state index in [1.807, 2.05) is 0 Å². The standard InChI is InChI=1S/C13H28N2O2S/c1-13(2,3)7-8-18(16,17)15-10-12-6-4-5-11(12)9-14/h11-12,15H,4-10,14H2,1-3H3. The fourth-order valence-corrected chi connectivity index (χ4v) is 3.93. The summed E-state index contributed by atoms with van der Waals surface area (Å²) in [5.74, 6) is 1.14. The molecule has 1 aliphatic carbocycles. The third-order valence-electron chi connectivity index (χ3n) is 3.81. The summed E-state index contributed by atoms with van der Waals surface area (Å²) < 4.78 is 26.5. The van der Waals surface area contributed by atoms with E-state index in [0.717, 1.165) is 12.8 Å². The maximum atomic E-state index is 11.9. The number of hydrogen-bond donors (Lipinski definition) is 2. The molecule has 0 saturated heterocycles. The second-order valence-electron chi connectivity index (χ2n) is 6.66. The van der Waals surface area contributed by atoms with Gasteiger partial charge in [-0.2, -0.15) is 0 Å². The molecule has 108 valence electrons. The molecule has 2 atom stereocenters. The van der Waals surface area contributed by atoms with Crippen LogP contribution >= 0.6 is 0 Å². The Morgan fingerprint density at radius 2 is 1.83 bits per heavy atom. The van der Waals surface area contributed by atoms with Crippen molar-refractivity contribution >= 4 is 10.0 Å². The van der Waals surface area contributed by atoms with Crippen molar-refractivity contribution in [3.63, 3.8) is 0 Å². The number of nitrogens with two attached hydrogens (primary N) is 1. The van der Waals surface area contributed by atoms with E-state index in [4.69, 9.17) is 5.73 Å². The van der Waals surface area contributed by atoms with Gasteiger partial charge in [-0.15, -0.1) is 0 Å². The zero-order valence-electron chi connectivity index (χ0n) is 11.9. The van der Waals surface area contributed by atoms with E-state index in [1.165, 1.54) is 6.42 Å². The van der Waals surface area contributed by atoms with Crippen molar-refractivity contribution in [2.45, 2.75) is 46.5 Å². The van der Waals surface area contributed by atoms with Crippen LogP contribution in [-0.2, 0) is 10.0 Å². The zero-order valence-corrected chi connectivity index (χ0v) is 12.7. The number of hydrogen-bond acceptors (Lipinski definition) is 3. The molecule has 0 aliphatic heterocycles. The molecule has 0 spiro atoms. The first-order chi connectivity index (χ1) is 8.23. The van der Waals surface area contributed by atoms with Crippen molar-refractivity contribution in [3.8, 4) is 0 Å². The first-order valence-corrected chi connectivity index (χ1v) is 8.56. The van der Waals surface area contributed by atoms with E-state index in [2.05, 4.69) is 25.5 Å². The third-order valence-corrected chi connectivity index (χ3v) is 5.15. The molecule has 1 aliphatic rings. The van der Waals surface area contributed by atoms with Crippen LogP contribution in [0.4, 0.5) is 0 Å². The molecule has 0 bridgehead atoms. The lowest BCUT2D eigenvalue weighted by Crippen LogP contribution is -2.35. The smallest absolute Gasteiger partial charge is 0.211 e. The minimum absolute atomic E-state index is 0.0574. The van der Waals surface area contributed by atoms with E-state index < -0.39 is 10.0 Å². The molecule has 3 N–H and O–H groups in total. The Balaban J connectivity index is 2.37. The van der Waals surface area contributed by atoms with Gasteiger partial charge in [0.25, 0.3) is 0 Å². The zero-order chi connectivity index (χ0) is 13.8. The molecule has 0 heterocycles. The van der Waals surface area contributed by atoms with Crippen LogP contribution < -0.4 is 10.5 Å². The molecule has 5 heteroatoms. The minimum Gasteiger partial charge on any atom is -0.330 e. The summed E-state index contributed by atoms with van der Waals surface area (Å²) >= 11 is 0. The third kappa shape index (κ3) is 5.67. The van der Waals surface area contributed by atoms with Crippen molar-refractivity contribution in [3.05, 3.63) is 0 Å². The molecule has 2 unspecified atom stereocenters. The molecule has 4 nitrogen and oxygen atoms in total. The average molecular weight is 276 g/mol. The fourth-order valence-electron chi connectivity index (χ4n) is 2.44. The SMILES string of the molecule is CC(C)(C)CCS(=O)(=O)NCC1CCCC1CN. The number of sulfonamides is 1. The first kappa shape index (κ1) is 15.9.